The quantitative estimate of drug-likeness (QED) is 0.854. The molecule has 0 spiro atoms. The Labute approximate surface area is 110 Å². The molecule has 0 saturated carbocycles. The van der Waals surface area contributed by atoms with E-state index in [1.54, 1.807) is 31.2 Å². The molecule has 1 aromatic heterocycles. The van der Waals surface area contributed by atoms with Gasteiger partial charge >= 0.3 is 0 Å². The summed E-state index contributed by atoms with van der Waals surface area (Å²) in [6.07, 6.45) is 2.86. The first-order valence-electron chi connectivity index (χ1n) is 5.77. The largest absolute Gasteiger partial charge is 0.322 e. The molecular formula is C14H13N3O2. The van der Waals surface area contributed by atoms with Crippen LogP contribution in [0.15, 0.2) is 36.8 Å². The highest BCUT2D eigenvalue weighted by Gasteiger charge is 2.10. The number of anilines is 1. The van der Waals surface area contributed by atoms with Gasteiger partial charge in [0, 0.05) is 17.4 Å². The lowest BCUT2D eigenvalue weighted by Gasteiger charge is -2.07. The maximum Gasteiger partial charge on any atom is 0.259 e. The van der Waals surface area contributed by atoms with E-state index in [1.807, 2.05) is 0 Å². The van der Waals surface area contributed by atoms with Crippen molar-refractivity contribution in [1.29, 1.82) is 0 Å². The molecule has 0 fully saturated rings. The molecule has 5 heteroatoms. The van der Waals surface area contributed by atoms with E-state index in [9.17, 15) is 9.59 Å². The van der Waals surface area contributed by atoms with Crippen molar-refractivity contribution in [3.05, 3.63) is 53.6 Å². The Bertz CT molecular complexity index is 638. The number of aryl methyl sites for hydroxylation is 1. The summed E-state index contributed by atoms with van der Waals surface area (Å²) >= 11 is 0. The Morgan fingerprint density at radius 2 is 2.05 bits per heavy atom. The summed E-state index contributed by atoms with van der Waals surface area (Å²) in [7, 11) is 0. The maximum absolute atomic E-state index is 12.0. The first kappa shape index (κ1) is 12.9. The second-order valence-electron chi connectivity index (χ2n) is 4.11. The van der Waals surface area contributed by atoms with Crippen LogP contribution < -0.4 is 5.32 Å². The monoisotopic (exact) mass is 255 g/mol. The second kappa shape index (κ2) is 5.39. The van der Waals surface area contributed by atoms with Gasteiger partial charge in [-0.25, -0.2) is 9.97 Å². The fourth-order valence-electron chi connectivity index (χ4n) is 1.63. The van der Waals surface area contributed by atoms with Crippen LogP contribution in [0.1, 0.15) is 33.3 Å². The minimum absolute atomic E-state index is 0.0460. The molecule has 1 amide bonds. The van der Waals surface area contributed by atoms with E-state index in [1.165, 1.54) is 19.4 Å². The third-order valence-electron chi connectivity index (χ3n) is 2.68. The van der Waals surface area contributed by atoms with Crippen molar-refractivity contribution < 1.29 is 9.59 Å². The standard InChI is InChI=1S/C14H13N3O2/c1-9-13(7-15-8-16-9)14(19)17-12-5-3-4-11(6-12)10(2)18/h3-8H,1-2H3,(H,17,19). The number of Topliss-reactive ketones (excluding diaryl/α,β-unsaturated/α-hetero) is 1. The molecule has 0 radical (unpaired) electrons. The summed E-state index contributed by atoms with van der Waals surface area (Å²) in [6, 6.07) is 6.79. The maximum atomic E-state index is 12.0. The van der Waals surface area contributed by atoms with E-state index < -0.39 is 0 Å². The van der Waals surface area contributed by atoms with Gasteiger partial charge in [-0.3, -0.25) is 9.59 Å². The van der Waals surface area contributed by atoms with Gasteiger partial charge in [0.1, 0.15) is 6.33 Å². The Morgan fingerprint density at radius 1 is 1.26 bits per heavy atom. The number of amides is 1. The fraction of sp³-hybridized carbons (Fsp3) is 0.143. The highest BCUT2D eigenvalue weighted by molar-refractivity contribution is 6.05. The third kappa shape index (κ3) is 3.01. The molecule has 0 unspecified atom stereocenters. The zero-order valence-corrected chi connectivity index (χ0v) is 10.7. The van der Waals surface area contributed by atoms with Gasteiger partial charge in [0.05, 0.1) is 11.3 Å². The number of rotatable bonds is 3. The number of hydrogen-bond donors (Lipinski definition) is 1. The molecule has 0 aliphatic carbocycles. The molecule has 0 bridgehead atoms. The number of nitrogens with zero attached hydrogens (tertiary/aromatic N) is 2. The number of ketones is 1. The highest BCUT2D eigenvalue weighted by Crippen LogP contribution is 2.13. The predicted molar refractivity (Wildman–Crippen MR) is 71.2 cm³/mol. The van der Waals surface area contributed by atoms with Crippen molar-refractivity contribution in [2.45, 2.75) is 13.8 Å². The van der Waals surface area contributed by atoms with Gasteiger partial charge < -0.3 is 5.32 Å². The summed E-state index contributed by atoms with van der Waals surface area (Å²) in [6.45, 7) is 3.22. The molecule has 5 nitrogen and oxygen atoms in total. The lowest BCUT2D eigenvalue weighted by Crippen LogP contribution is -2.14. The Hall–Kier alpha value is -2.56. The molecule has 2 aromatic rings. The van der Waals surface area contributed by atoms with Gasteiger partial charge in [-0.1, -0.05) is 12.1 Å². The molecule has 0 aliphatic rings. The van der Waals surface area contributed by atoms with Crippen LogP contribution in [0.2, 0.25) is 0 Å². The van der Waals surface area contributed by atoms with Gasteiger partial charge in [0.2, 0.25) is 0 Å². The first-order valence-corrected chi connectivity index (χ1v) is 5.77. The smallest absolute Gasteiger partial charge is 0.259 e. The summed E-state index contributed by atoms with van der Waals surface area (Å²) < 4.78 is 0. The second-order valence-corrected chi connectivity index (χ2v) is 4.11. The SMILES string of the molecule is CC(=O)c1cccc(NC(=O)c2cncnc2C)c1. The number of aromatic nitrogens is 2. The molecule has 0 aliphatic heterocycles. The molecule has 0 atom stereocenters. The van der Waals surface area contributed by atoms with Gasteiger partial charge in [-0.15, -0.1) is 0 Å². The van der Waals surface area contributed by atoms with E-state index in [0.717, 1.165) is 0 Å². The van der Waals surface area contributed by atoms with Gasteiger partial charge in [-0.2, -0.15) is 0 Å². The number of hydrogen-bond acceptors (Lipinski definition) is 4. The van der Waals surface area contributed by atoms with Crippen LogP contribution in [0.3, 0.4) is 0 Å². The van der Waals surface area contributed by atoms with Gasteiger partial charge in [0.25, 0.3) is 5.91 Å². The van der Waals surface area contributed by atoms with Crippen LogP contribution in [0.25, 0.3) is 0 Å². The average molecular weight is 255 g/mol. The minimum atomic E-state index is -0.293. The van der Waals surface area contributed by atoms with E-state index in [4.69, 9.17) is 0 Å². The average Bonchev–Trinajstić information content (AvgIpc) is 2.39. The van der Waals surface area contributed by atoms with Crippen molar-refractivity contribution in [3.8, 4) is 0 Å². The lowest BCUT2D eigenvalue weighted by atomic mass is 10.1. The van der Waals surface area contributed by atoms with Gasteiger partial charge in [-0.05, 0) is 26.0 Å². The molecule has 19 heavy (non-hydrogen) atoms. The summed E-state index contributed by atoms with van der Waals surface area (Å²) in [5.74, 6) is -0.339. The van der Waals surface area contributed by atoms with E-state index >= 15 is 0 Å². The Morgan fingerprint density at radius 3 is 2.74 bits per heavy atom. The molecule has 2 rings (SSSR count). The molecule has 96 valence electrons. The molecule has 1 aromatic carbocycles. The lowest BCUT2D eigenvalue weighted by molar-refractivity contribution is 0.101. The number of carbonyl (C=O) groups is 2. The normalized spacial score (nSPS) is 10.0. The van der Waals surface area contributed by atoms with Crippen molar-refractivity contribution in [2.24, 2.45) is 0 Å². The molecular weight excluding hydrogens is 242 g/mol. The summed E-state index contributed by atoms with van der Waals surface area (Å²) in [5, 5.41) is 2.72. The van der Waals surface area contributed by atoms with Crippen molar-refractivity contribution >= 4 is 17.4 Å². The van der Waals surface area contributed by atoms with E-state index in [2.05, 4.69) is 15.3 Å². The van der Waals surface area contributed by atoms with Crippen LogP contribution in [-0.4, -0.2) is 21.7 Å². The Kier molecular flexibility index (Phi) is 3.66. The van der Waals surface area contributed by atoms with Crippen LogP contribution in [0.4, 0.5) is 5.69 Å². The van der Waals surface area contributed by atoms with Crippen molar-refractivity contribution in [2.75, 3.05) is 5.32 Å². The zero-order chi connectivity index (χ0) is 13.8. The topological polar surface area (TPSA) is 72.0 Å². The molecule has 1 N–H and O–H groups in total. The number of nitrogens with one attached hydrogen (secondary N) is 1. The predicted octanol–water partition coefficient (Wildman–Crippen LogP) is 2.24. The number of carbonyl (C=O) groups excluding carboxylic acids is 2. The van der Waals surface area contributed by atoms with Gasteiger partial charge in [0.15, 0.2) is 5.78 Å². The van der Waals surface area contributed by atoms with E-state index in [0.29, 0.717) is 22.5 Å². The van der Waals surface area contributed by atoms with Crippen molar-refractivity contribution in [1.82, 2.24) is 9.97 Å². The van der Waals surface area contributed by atoms with Crippen LogP contribution in [0.5, 0.6) is 0 Å². The Balaban J connectivity index is 2.22. The minimum Gasteiger partial charge on any atom is -0.322 e. The first-order chi connectivity index (χ1) is 9.08. The summed E-state index contributed by atoms with van der Waals surface area (Å²) in [4.78, 5) is 31.1. The summed E-state index contributed by atoms with van der Waals surface area (Å²) in [5.41, 5.74) is 2.14. The third-order valence-corrected chi connectivity index (χ3v) is 2.68. The molecule has 0 saturated heterocycles. The van der Waals surface area contributed by atoms with Crippen LogP contribution in [-0.2, 0) is 0 Å². The zero-order valence-electron chi connectivity index (χ0n) is 10.7. The van der Waals surface area contributed by atoms with Crippen LogP contribution in [0, 0.1) is 6.92 Å². The van der Waals surface area contributed by atoms with Crippen molar-refractivity contribution in [3.63, 3.8) is 0 Å². The number of benzene rings is 1. The highest BCUT2D eigenvalue weighted by atomic mass is 16.1. The fourth-order valence-corrected chi connectivity index (χ4v) is 1.63. The molecule has 1 heterocycles. The van der Waals surface area contributed by atoms with E-state index in [-0.39, 0.29) is 11.7 Å². The van der Waals surface area contributed by atoms with Crippen LogP contribution >= 0.6 is 0 Å².